The SMILES string of the molecule is COc1cc(CCNC(=O)c2ccc3c(c2)nc(-c2ccccc2)n3CCc2ccc(OC)c(OC)c2)cc(OC)c1. The molecule has 0 aliphatic rings. The van der Waals surface area contributed by atoms with E-state index in [1.54, 1.807) is 28.4 Å². The number of aromatic nitrogens is 2. The molecule has 0 bridgehead atoms. The lowest BCUT2D eigenvalue weighted by Crippen LogP contribution is -2.25. The van der Waals surface area contributed by atoms with E-state index in [4.69, 9.17) is 23.9 Å². The van der Waals surface area contributed by atoms with Crippen LogP contribution in [0.4, 0.5) is 0 Å². The second-order valence-electron chi connectivity index (χ2n) is 9.82. The number of aryl methyl sites for hydroxylation is 2. The first-order valence-corrected chi connectivity index (χ1v) is 13.8. The molecule has 4 aromatic carbocycles. The van der Waals surface area contributed by atoms with Crippen molar-refractivity contribution in [2.45, 2.75) is 19.4 Å². The van der Waals surface area contributed by atoms with Gasteiger partial charge in [-0.3, -0.25) is 4.79 Å². The monoisotopic (exact) mass is 565 g/mol. The van der Waals surface area contributed by atoms with Crippen molar-refractivity contribution >= 4 is 16.9 Å². The lowest BCUT2D eigenvalue weighted by molar-refractivity contribution is 0.0954. The molecule has 0 aliphatic heterocycles. The first-order chi connectivity index (χ1) is 20.5. The molecule has 5 rings (SSSR count). The van der Waals surface area contributed by atoms with Crippen molar-refractivity contribution in [3.63, 3.8) is 0 Å². The number of ether oxygens (including phenoxy) is 4. The Labute approximate surface area is 245 Å². The first kappa shape index (κ1) is 28.5. The predicted molar refractivity (Wildman–Crippen MR) is 164 cm³/mol. The maximum atomic E-state index is 13.1. The van der Waals surface area contributed by atoms with E-state index < -0.39 is 0 Å². The molecule has 1 aromatic heterocycles. The zero-order valence-corrected chi connectivity index (χ0v) is 24.3. The number of hydrogen-bond acceptors (Lipinski definition) is 6. The van der Waals surface area contributed by atoms with Gasteiger partial charge in [0, 0.05) is 30.3 Å². The Morgan fingerprint density at radius 2 is 1.48 bits per heavy atom. The number of methoxy groups -OCH3 is 4. The van der Waals surface area contributed by atoms with E-state index in [0.717, 1.165) is 51.5 Å². The molecular weight excluding hydrogens is 530 g/mol. The summed E-state index contributed by atoms with van der Waals surface area (Å²) in [5.74, 6) is 3.56. The lowest BCUT2D eigenvalue weighted by atomic mass is 10.1. The molecule has 42 heavy (non-hydrogen) atoms. The highest BCUT2D eigenvalue weighted by atomic mass is 16.5. The topological polar surface area (TPSA) is 83.8 Å². The van der Waals surface area contributed by atoms with Gasteiger partial charge >= 0.3 is 0 Å². The van der Waals surface area contributed by atoms with Crippen LogP contribution in [-0.2, 0) is 19.4 Å². The Bertz CT molecular complexity index is 1660. The summed E-state index contributed by atoms with van der Waals surface area (Å²) in [6, 6.07) is 27.5. The Morgan fingerprint density at radius 1 is 0.738 bits per heavy atom. The number of rotatable bonds is 12. The summed E-state index contributed by atoms with van der Waals surface area (Å²) < 4.78 is 23.8. The number of benzene rings is 4. The third-order valence-corrected chi connectivity index (χ3v) is 7.22. The van der Waals surface area contributed by atoms with Gasteiger partial charge in [-0.1, -0.05) is 36.4 Å². The Morgan fingerprint density at radius 3 is 2.17 bits per heavy atom. The number of nitrogens with zero attached hydrogens (tertiary/aromatic N) is 2. The fourth-order valence-corrected chi connectivity index (χ4v) is 5.02. The van der Waals surface area contributed by atoms with Gasteiger partial charge in [0.2, 0.25) is 0 Å². The van der Waals surface area contributed by atoms with Crippen molar-refractivity contribution in [2.24, 2.45) is 0 Å². The summed E-state index contributed by atoms with van der Waals surface area (Å²) in [7, 11) is 6.52. The summed E-state index contributed by atoms with van der Waals surface area (Å²) in [6.07, 6.45) is 1.41. The third kappa shape index (κ3) is 6.33. The van der Waals surface area contributed by atoms with Crippen molar-refractivity contribution in [3.8, 4) is 34.4 Å². The van der Waals surface area contributed by atoms with E-state index in [1.807, 2.05) is 72.8 Å². The summed E-state index contributed by atoms with van der Waals surface area (Å²) in [5, 5.41) is 3.03. The van der Waals surface area contributed by atoms with Gasteiger partial charge in [0.15, 0.2) is 11.5 Å². The summed E-state index contributed by atoms with van der Waals surface area (Å²) in [5.41, 5.74) is 5.46. The van der Waals surface area contributed by atoms with Crippen LogP contribution in [0.1, 0.15) is 21.5 Å². The van der Waals surface area contributed by atoms with Crippen LogP contribution in [0.2, 0.25) is 0 Å². The van der Waals surface area contributed by atoms with Crippen molar-refractivity contribution in [2.75, 3.05) is 35.0 Å². The van der Waals surface area contributed by atoms with Gasteiger partial charge in [-0.15, -0.1) is 0 Å². The standard InChI is InChI=1S/C34H35N3O5/c1-39-27-18-24(19-28(22-27)40-2)14-16-35-34(38)26-11-12-30-29(21-26)36-33(25-8-6-5-7-9-25)37(30)17-15-23-10-13-31(41-3)32(20-23)42-4/h5-13,18-22H,14-17H2,1-4H3,(H,35,38). The summed E-state index contributed by atoms with van der Waals surface area (Å²) >= 11 is 0. The average molecular weight is 566 g/mol. The number of fused-ring (bicyclic) bond motifs is 1. The molecule has 5 aromatic rings. The molecule has 0 radical (unpaired) electrons. The van der Waals surface area contributed by atoms with Crippen LogP contribution in [0.15, 0.2) is 84.9 Å². The number of imidazole rings is 1. The number of nitrogens with one attached hydrogen (secondary N) is 1. The van der Waals surface area contributed by atoms with Crippen LogP contribution in [0, 0.1) is 0 Å². The maximum Gasteiger partial charge on any atom is 0.251 e. The molecule has 0 spiro atoms. The van der Waals surface area contributed by atoms with E-state index >= 15 is 0 Å². The first-order valence-electron chi connectivity index (χ1n) is 13.8. The van der Waals surface area contributed by atoms with Crippen molar-refractivity contribution in [1.82, 2.24) is 14.9 Å². The van der Waals surface area contributed by atoms with Crippen LogP contribution < -0.4 is 24.3 Å². The maximum absolute atomic E-state index is 13.1. The van der Waals surface area contributed by atoms with Crippen LogP contribution in [0.5, 0.6) is 23.0 Å². The van der Waals surface area contributed by atoms with Gasteiger partial charge in [0.1, 0.15) is 17.3 Å². The van der Waals surface area contributed by atoms with E-state index in [9.17, 15) is 4.79 Å². The van der Waals surface area contributed by atoms with Crippen LogP contribution in [-0.4, -0.2) is 50.4 Å². The van der Waals surface area contributed by atoms with Crippen LogP contribution in [0.3, 0.4) is 0 Å². The molecule has 0 saturated carbocycles. The van der Waals surface area contributed by atoms with Gasteiger partial charge < -0.3 is 28.8 Å². The number of carbonyl (C=O) groups excluding carboxylic acids is 1. The highest BCUT2D eigenvalue weighted by Crippen LogP contribution is 2.30. The quantitative estimate of drug-likeness (QED) is 0.201. The molecule has 216 valence electrons. The van der Waals surface area contributed by atoms with Crippen LogP contribution >= 0.6 is 0 Å². The molecule has 8 nitrogen and oxygen atoms in total. The number of amides is 1. The second-order valence-corrected chi connectivity index (χ2v) is 9.82. The molecule has 0 unspecified atom stereocenters. The number of carbonyl (C=O) groups is 1. The summed E-state index contributed by atoms with van der Waals surface area (Å²) in [6.45, 7) is 1.17. The Kier molecular flexibility index (Phi) is 8.92. The largest absolute Gasteiger partial charge is 0.497 e. The fourth-order valence-electron chi connectivity index (χ4n) is 5.02. The van der Waals surface area contributed by atoms with E-state index in [-0.39, 0.29) is 5.91 Å². The zero-order chi connectivity index (χ0) is 29.5. The minimum atomic E-state index is -0.145. The third-order valence-electron chi connectivity index (χ3n) is 7.22. The van der Waals surface area contributed by atoms with Gasteiger partial charge in [-0.25, -0.2) is 4.98 Å². The zero-order valence-electron chi connectivity index (χ0n) is 24.3. The smallest absolute Gasteiger partial charge is 0.251 e. The molecule has 1 N–H and O–H groups in total. The van der Waals surface area contributed by atoms with Crippen molar-refractivity contribution in [1.29, 1.82) is 0 Å². The van der Waals surface area contributed by atoms with Crippen molar-refractivity contribution < 1.29 is 23.7 Å². The van der Waals surface area contributed by atoms with Gasteiger partial charge in [-0.2, -0.15) is 0 Å². The minimum Gasteiger partial charge on any atom is -0.497 e. The molecule has 8 heteroatoms. The molecule has 0 aliphatic carbocycles. The van der Waals surface area contributed by atoms with E-state index in [1.165, 1.54) is 0 Å². The molecule has 1 heterocycles. The fraction of sp³-hybridized carbons (Fsp3) is 0.235. The Hall–Kier alpha value is -4.98. The lowest BCUT2D eigenvalue weighted by Gasteiger charge is -2.12. The summed E-state index contributed by atoms with van der Waals surface area (Å²) in [4.78, 5) is 18.1. The molecule has 0 atom stereocenters. The van der Waals surface area contributed by atoms with Gasteiger partial charge in [0.05, 0.1) is 39.5 Å². The Balaban J connectivity index is 1.36. The molecule has 0 saturated heterocycles. The van der Waals surface area contributed by atoms with E-state index in [0.29, 0.717) is 36.6 Å². The number of hydrogen-bond donors (Lipinski definition) is 1. The van der Waals surface area contributed by atoms with Crippen LogP contribution in [0.25, 0.3) is 22.4 Å². The van der Waals surface area contributed by atoms with Crippen molar-refractivity contribution in [3.05, 3.63) is 102 Å². The average Bonchev–Trinajstić information content (AvgIpc) is 3.41. The highest BCUT2D eigenvalue weighted by molar-refractivity contribution is 5.97. The molecular formula is C34H35N3O5. The second kappa shape index (κ2) is 13.1. The molecule has 1 amide bonds. The normalized spacial score (nSPS) is 10.9. The molecule has 0 fully saturated rings. The predicted octanol–water partition coefficient (Wildman–Crippen LogP) is 5.95. The minimum absolute atomic E-state index is 0.145. The van der Waals surface area contributed by atoms with E-state index in [2.05, 4.69) is 22.0 Å². The highest BCUT2D eigenvalue weighted by Gasteiger charge is 2.16. The van der Waals surface area contributed by atoms with Gasteiger partial charge in [0.25, 0.3) is 5.91 Å². The van der Waals surface area contributed by atoms with Gasteiger partial charge in [-0.05, 0) is 66.4 Å².